The first-order valence-electron chi connectivity index (χ1n) is 11.6. The number of rotatable bonds is 4. The number of amides is 2. The Morgan fingerprint density at radius 2 is 1.41 bits per heavy atom. The second-order valence-electron chi connectivity index (χ2n) is 8.97. The van der Waals surface area contributed by atoms with Gasteiger partial charge >= 0.3 is 0 Å². The molecule has 4 rings (SSSR count). The predicted octanol–water partition coefficient (Wildman–Crippen LogP) is 3.50. The largest absolute Gasteiger partial charge is 0.342 e. The van der Waals surface area contributed by atoms with E-state index in [0.29, 0.717) is 19.0 Å². The van der Waals surface area contributed by atoms with Gasteiger partial charge in [0, 0.05) is 44.8 Å². The number of nitrogens with zero attached hydrogens (tertiary/aromatic N) is 3. The molecule has 0 bridgehead atoms. The Morgan fingerprint density at radius 3 is 2.14 bits per heavy atom. The minimum atomic E-state index is 0.132. The summed E-state index contributed by atoms with van der Waals surface area (Å²) in [4.78, 5) is 31.6. The van der Waals surface area contributed by atoms with Gasteiger partial charge in [-0.3, -0.25) is 14.5 Å². The van der Waals surface area contributed by atoms with Crippen molar-refractivity contribution < 1.29 is 9.59 Å². The fourth-order valence-electron chi connectivity index (χ4n) is 5.11. The predicted molar refractivity (Wildman–Crippen MR) is 115 cm³/mol. The van der Waals surface area contributed by atoms with Crippen LogP contribution in [0.2, 0.25) is 0 Å². The van der Waals surface area contributed by atoms with Gasteiger partial charge in [-0.05, 0) is 55.7 Å². The number of carbonyl (C=O) groups is 2. The van der Waals surface area contributed by atoms with Crippen molar-refractivity contribution in [1.82, 2.24) is 14.7 Å². The number of likely N-dealkylation sites (tertiary alicyclic amines) is 1. The fraction of sp³-hybridized carbons (Fsp3) is 0.667. The summed E-state index contributed by atoms with van der Waals surface area (Å²) in [6.07, 6.45) is 9.78. The van der Waals surface area contributed by atoms with Crippen molar-refractivity contribution in [1.29, 1.82) is 0 Å². The third kappa shape index (κ3) is 5.19. The second-order valence-corrected chi connectivity index (χ2v) is 8.97. The van der Waals surface area contributed by atoms with Crippen molar-refractivity contribution in [2.75, 3.05) is 45.8 Å². The average molecular weight is 398 g/mol. The molecule has 0 radical (unpaired) electrons. The molecule has 0 aromatic heterocycles. The van der Waals surface area contributed by atoms with Crippen LogP contribution in [0, 0.1) is 0 Å². The minimum Gasteiger partial charge on any atom is -0.342 e. The van der Waals surface area contributed by atoms with Crippen molar-refractivity contribution in [3.05, 3.63) is 35.4 Å². The first kappa shape index (κ1) is 20.4. The van der Waals surface area contributed by atoms with E-state index in [-0.39, 0.29) is 11.8 Å². The zero-order valence-electron chi connectivity index (χ0n) is 17.7. The lowest BCUT2D eigenvalue weighted by Gasteiger charge is -2.24. The van der Waals surface area contributed by atoms with E-state index in [0.717, 1.165) is 57.5 Å². The Bertz CT molecular complexity index is 691. The van der Waals surface area contributed by atoms with Gasteiger partial charge in [0.1, 0.15) is 0 Å². The van der Waals surface area contributed by atoms with E-state index in [1.165, 1.54) is 37.7 Å². The van der Waals surface area contributed by atoms with Gasteiger partial charge < -0.3 is 9.80 Å². The van der Waals surface area contributed by atoms with Crippen LogP contribution in [0.3, 0.4) is 0 Å². The average Bonchev–Trinajstić information content (AvgIpc) is 3.22. The third-order valence-corrected chi connectivity index (χ3v) is 6.93. The van der Waals surface area contributed by atoms with E-state index < -0.39 is 0 Å². The summed E-state index contributed by atoms with van der Waals surface area (Å²) in [6, 6.07) is 8.38. The van der Waals surface area contributed by atoms with Crippen molar-refractivity contribution in [2.24, 2.45) is 0 Å². The molecule has 0 atom stereocenters. The van der Waals surface area contributed by atoms with E-state index in [9.17, 15) is 9.59 Å². The zero-order chi connectivity index (χ0) is 20.1. The molecule has 1 saturated carbocycles. The molecule has 2 aliphatic heterocycles. The molecule has 3 aliphatic rings. The van der Waals surface area contributed by atoms with Crippen LogP contribution in [0.25, 0.3) is 0 Å². The van der Waals surface area contributed by atoms with E-state index >= 15 is 0 Å². The number of hydrogen-bond donors (Lipinski definition) is 0. The number of benzene rings is 1. The Morgan fingerprint density at radius 1 is 0.724 bits per heavy atom. The van der Waals surface area contributed by atoms with Gasteiger partial charge in [-0.2, -0.15) is 0 Å². The third-order valence-electron chi connectivity index (χ3n) is 6.93. The Kier molecular flexibility index (Phi) is 6.86. The van der Waals surface area contributed by atoms with Gasteiger partial charge in [0.2, 0.25) is 5.91 Å². The summed E-state index contributed by atoms with van der Waals surface area (Å²) in [5, 5.41) is 0. The van der Waals surface area contributed by atoms with Gasteiger partial charge in [0.15, 0.2) is 0 Å². The summed E-state index contributed by atoms with van der Waals surface area (Å²) in [7, 11) is 0. The molecule has 2 saturated heterocycles. The van der Waals surface area contributed by atoms with Gasteiger partial charge in [-0.15, -0.1) is 0 Å². The second kappa shape index (κ2) is 9.75. The monoisotopic (exact) mass is 397 g/mol. The van der Waals surface area contributed by atoms with E-state index in [1.807, 2.05) is 21.9 Å². The molecule has 1 aromatic carbocycles. The lowest BCUT2D eigenvalue weighted by Crippen LogP contribution is -2.41. The highest BCUT2D eigenvalue weighted by Gasteiger charge is 2.24. The first-order valence-corrected chi connectivity index (χ1v) is 11.6. The van der Waals surface area contributed by atoms with Gasteiger partial charge in [-0.25, -0.2) is 0 Å². The van der Waals surface area contributed by atoms with Crippen molar-refractivity contribution in [3.8, 4) is 0 Å². The van der Waals surface area contributed by atoms with Crippen molar-refractivity contribution in [3.63, 3.8) is 0 Å². The Labute approximate surface area is 175 Å². The van der Waals surface area contributed by atoms with Crippen LogP contribution >= 0.6 is 0 Å². The molecule has 0 unspecified atom stereocenters. The van der Waals surface area contributed by atoms with Crippen LogP contribution in [0.15, 0.2) is 24.3 Å². The van der Waals surface area contributed by atoms with Crippen molar-refractivity contribution >= 4 is 11.8 Å². The molecule has 2 amide bonds. The maximum Gasteiger partial charge on any atom is 0.253 e. The topological polar surface area (TPSA) is 43.9 Å². The minimum absolute atomic E-state index is 0.132. The normalized spacial score (nSPS) is 21.9. The maximum absolute atomic E-state index is 13.0. The lowest BCUT2D eigenvalue weighted by atomic mass is 9.84. The fourth-order valence-corrected chi connectivity index (χ4v) is 5.11. The number of carbonyl (C=O) groups excluding carboxylic acids is 2. The summed E-state index contributed by atoms with van der Waals surface area (Å²) < 4.78 is 0. The molecular formula is C24H35N3O2. The van der Waals surface area contributed by atoms with Crippen molar-refractivity contribution in [2.45, 2.75) is 57.3 Å². The van der Waals surface area contributed by atoms with Crippen LogP contribution in [0.5, 0.6) is 0 Å². The zero-order valence-corrected chi connectivity index (χ0v) is 17.7. The molecule has 1 aromatic rings. The van der Waals surface area contributed by atoms with Gasteiger partial charge in [-0.1, -0.05) is 31.4 Å². The molecule has 1 aliphatic carbocycles. The molecule has 0 spiro atoms. The smallest absolute Gasteiger partial charge is 0.253 e. The van der Waals surface area contributed by atoms with Crippen LogP contribution in [-0.2, 0) is 4.79 Å². The summed E-state index contributed by atoms with van der Waals surface area (Å²) >= 11 is 0. The highest BCUT2D eigenvalue weighted by atomic mass is 16.2. The van der Waals surface area contributed by atoms with E-state index in [2.05, 4.69) is 17.0 Å². The summed E-state index contributed by atoms with van der Waals surface area (Å²) in [6.45, 7) is 5.48. The molecular weight excluding hydrogens is 362 g/mol. The van der Waals surface area contributed by atoms with Crippen LogP contribution in [0.1, 0.15) is 73.2 Å². The quantitative estimate of drug-likeness (QED) is 0.781. The van der Waals surface area contributed by atoms with Gasteiger partial charge in [0.05, 0.1) is 6.54 Å². The van der Waals surface area contributed by atoms with Gasteiger partial charge in [0.25, 0.3) is 5.91 Å². The Balaban J connectivity index is 1.30. The van der Waals surface area contributed by atoms with E-state index in [4.69, 9.17) is 0 Å². The molecule has 158 valence electrons. The summed E-state index contributed by atoms with van der Waals surface area (Å²) in [5.41, 5.74) is 2.19. The molecule has 5 heteroatoms. The van der Waals surface area contributed by atoms with E-state index in [1.54, 1.807) is 0 Å². The molecule has 0 N–H and O–H groups in total. The summed E-state index contributed by atoms with van der Waals surface area (Å²) in [5.74, 6) is 1.06. The highest BCUT2D eigenvalue weighted by molar-refractivity contribution is 5.94. The first-order chi connectivity index (χ1) is 14.2. The van der Waals surface area contributed by atoms with Crippen LogP contribution in [-0.4, -0.2) is 72.3 Å². The SMILES string of the molecule is O=C(CN1CCCN(C(=O)c2ccc(C3CCCCC3)cc2)CC1)N1CCCC1. The maximum atomic E-state index is 13.0. The molecule has 29 heavy (non-hydrogen) atoms. The number of hydrogen-bond acceptors (Lipinski definition) is 3. The molecule has 5 nitrogen and oxygen atoms in total. The van der Waals surface area contributed by atoms with Crippen LogP contribution in [0.4, 0.5) is 0 Å². The van der Waals surface area contributed by atoms with Crippen LogP contribution < -0.4 is 0 Å². The highest BCUT2D eigenvalue weighted by Crippen LogP contribution is 2.32. The molecule has 3 fully saturated rings. The standard InChI is InChI=1S/C24H35N3O2/c28-23(26-14-4-5-15-26)19-25-13-6-16-27(18-17-25)24(29)22-11-9-21(10-12-22)20-7-2-1-3-8-20/h9-12,20H,1-8,13-19H2. The Hall–Kier alpha value is -1.88. The lowest BCUT2D eigenvalue weighted by molar-refractivity contribution is -0.131. The molecule has 2 heterocycles.